The molecule has 0 aromatic heterocycles. The van der Waals surface area contributed by atoms with Gasteiger partial charge in [-0.3, -0.25) is 14.9 Å². The maximum Gasteiger partial charge on any atom is 0.321 e. The van der Waals surface area contributed by atoms with Crippen LogP contribution >= 0.6 is 11.8 Å². The first-order valence-corrected chi connectivity index (χ1v) is 9.37. The highest BCUT2D eigenvalue weighted by Crippen LogP contribution is 2.25. The van der Waals surface area contributed by atoms with Crippen LogP contribution in [0.25, 0.3) is 0 Å². The minimum absolute atomic E-state index is 0.0145. The summed E-state index contributed by atoms with van der Waals surface area (Å²) >= 11 is 1.42. The molecule has 4 N–H and O–H groups in total. The largest absolute Gasteiger partial charge is 0.480 e. The van der Waals surface area contributed by atoms with Gasteiger partial charge in [-0.2, -0.15) is 0 Å². The smallest absolute Gasteiger partial charge is 0.321 e. The SMILES string of the molecule is CC[C@H](C)CC(=O)N[C@H](C[C@@H](O)C1NC(C(=O)O)CS1)C(C)C. The number of nitrogens with one attached hydrogen (secondary N) is 2. The summed E-state index contributed by atoms with van der Waals surface area (Å²) in [5.41, 5.74) is 0. The van der Waals surface area contributed by atoms with Crippen molar-refractivity contribution in [1.29, 1.82) is 0 Å². The van der Waals surface area contributed by atoms with Crippen LogP contribution in [0.4, 0.5) is 0 Å². The van der Waals surface area contributed by atoms with Crippen LogP contribution in [0, 0.1) is 11.8 Å². The van der Waals surface area contributed by atoms with E-state index in [4.69, 9.17) is 5.11 Å². The third-order valence-corrected chi connectivity index (χ3v) is 5.67. The zero-order valence-corrected chi connectivity index (χ0v) is 15.2. The molecule has 6 nitrogen and oxygen atoms in total. The first kappa shape index (κ1) is 20.3. The number of hydrogen-bond donors (Lipinski definition) is 4. The predicted molar refractivity (Wildman–Crippen MR) is 92.3 cm³/mol. The molecule has 0 bridgehead atoms. The van der Waals surface area contributed by atoms with E-state index in [1.165, 1.54) is 11.8 Å². The summed E-state index contributed by atoms with van der Waals surface area (Å²) in [5.74, 6) is 0.113. The van der Waals surface area contributed by atoms with Crippen LogP contribution in [0.2, 0.25) is 0 Å². The fourth-order valence-electron chi connectivity index (χ4n) is 2.47. The van der Waals surface area contributed by atoms with E-state index in [-0.39, 0.29) is 23.2 Å². The van der Waals surface area contributed by atoms with Gasteiger partial charge in [0, 0.05) is 18.2 Å². The Morgan fingerprint density at radius 1 is 1.35 bits per heavy atom. The second-order valence-electron chi connectivity index (χ2n) is 6.75. The van der Waals surface area contributed by atoms with Gasteiger partial charge in [0.1, 0.15) is 6.04 Å². The molecule has 0 aromatic carbocycles. The lowest BCUT2D eigenvalue weighted by atomic mass is 9.96. The highest BCUT2D eigenvalue weighted by molar-refractivity contribution is 8.00. The summed E-state index contributed by atoms with van der Waals surface area (Å²) in [7, 11) is 0. The first-order valence-electron chi connectivity index (χ1n) is 8.32. The second-order valence-corrected chi connectivity index (χ2v) is 7.92. The molecule has 1 heterocycles. The fourth-order valence-corrected chi connectivity index (χ4v) is 3.70. The molecule has 1 aliphatic heterocycles. The number of aliphatic carboxylic acids is 1. The number of carboxylic acids is 1. The highest BCUT2D eigenvalue weighted by atomic mass is 32.2. The summed E-state index contributed by atoms with van der Waals surface area (Å²) in [4.78, 5) is 23.0. The quantitative estimate of drug-likeness (QED) is 0.504. The molecule has 1 fully saturated rings. The van der Waals surface area contributed by atoms with Gasteiger partial charge >= 0.3 is 5.97 Å². The Morgan fingerprint density at radius 2 is 2.00 bits per heavy atom. The summed E-state index contributed by atoms with van der Waals surface area (Å²) in [6.07, 6.45) is 1.18. The first-order chi connectivity index (χ1) is 10.7. The van der Waals surface area contributed by atoms with Crippen LogP contribution in [0.1, 0.15) is 47.0 Å². The van der Waals surface area contributed by atoms with Crippen molar-refractivity contribution in [2.75, 3.05) is 5.75 Å². The molecule has 23 heavy (non-hydrogen) atoms. The lowest BCUT2D eigenvalue weighted by Gasteiger charge is -2.28. The van der Waals surface area contributed by atoms with Gasteiger partial charge in [-0.05, 0) is 18.3 Å². The molecule has 0 spiro atoms. The van der Waals surface area contributed by atoms with Crippen LogP contribution in [-0.2, 0) is 9.59 Å². The van der Waals surface area contributed by atoms with E-state index in [1.807, 2.05) is 20.8 Å². The average molecular weight is 346 g/mol. The molecule has 5 atom stereocenters. The monoisotopic (exact) mass is 346 g/mol. The Hall–Kier alpha value is -0.790. The van der Waals surface area contributed by atoms with Crippen molar-refractivity contribution in [3.05, 3.63) is 0 Å². The van der Waals surface area contributed by atoms with Gasteiger partial charge in [0.05, 0.1) is 11.5 Å². The van der Waals surface area contributed by atoms with Crippen molar-refractivity contribution >= 4 is 23.6 Å². The van der Waals surface area contributed by atoms with E-state index in [0.29, 0.717) is 24.5 Å². The van der Waals surface area contributed by atoms with Crippen molar-refractivity contribution < 1.29 is 19.8 Å². The van der Waals surface area contributed by atoms with Gasteiger partial charge in [-0.1, -0.05) is 34.1 Å². The summed E-state index contributed by atoms with van der Waals surface area (Å²) < 4.78 is 0. The second kappa shape index (κ2) is 9.49. The lowest BCUT2D eigenvalue weighted by Crippen LogP contribution is -2.46. The minimum atomic E-state index is -0.894. The number of aliphatic hydroxyl groups is 1. The molecule has 0 aliphatic carbocycles. The Bertz CT molecular complexity index is 406. The lowest BCUT2D eigenvalue weighted by molar-refractivity contribution is -0.138. The molecule has 0 radical (unpaired) electrons. The molecule has 7 heteroatoms. The van der Waals surface area contributed by atoms with Gasteiger partial charge in [0.25, 0.3) is 0 Å². The van der Waals surface area contributed by atoms with Crippen LogP contribution in [0.5, 0.6) is 0 Å². The molecule has 134 valence electrons. The van der Waals surface area contributed by atoms with Gasteiger partial charge in [0.2, 0.25) is 5.91 Å². The number of amides is 1. The van der Waals surface area contributed by atoms with Gasteiger partial charge < -0.3 is 15.5 Å². The number of carbonyl (C=O) groups is 2. The zero-order chi connectivity index (χ0) is 17.6. The Labute approximate surface area is 142 Å². The van der Waals surface area contributed by atoms with E-state index < -0.39 is 18.1 Å². The van der Waals surface area contributed by atoms with Crippen molar-refractivity contribution in [2.24, 2.45) is 11.8 Å². The molecular formula is C16H30N2O4S. The number of rotatable bonds is 9. The molecule has 1 rings (SSSR count). The summed E-state index contributed by atoms with van der Waals surface area (Å²) in [6, 6.07) is -0.732. The van der Waals surface area contributed by atoms with Crippen LogP contribution in [0.15, 0.2) is 0 Å². The molecule has 1 amide bonds. The van der Waals surface area contributed by atoms with E-state index in [0.717, 1.165) is 6.42 Å². The summed E-state index contributed by atoms with van der Waals surface area (Å²) in [6.45, 7) is 8.12. The third kappa shape index (κ3) is 6.69. The van der Waals surface area contributed by atoms with Crippen molar-refractivity contribution in [2.45, 2.75) is 70.5 Å². The number of thioether (sulfide) groups is 1. The topological polar surface area (TPSA) is 98.7 Å². The van der Waals surface area contributed by atoms with Gasteiger partial charge in [0.15, 0.2) is 0 Å². The van der Waals surface area contributed by atoms with Crippen molar-refractivity contribution in [3.8, 4) is 0 Å². The minimum Gasteiger partial charge on any atom is -0.480 e. The van der Waals surface area contributed by atoms with Crippen LogP contribution < -0.4 is 10.6 Å². The van der Waals surface area contributed by atoms with Crippen molar-refractivity contribution in [1.82, 2.24) is 10.6 Å². The summed E-state index contributed by atoms with van der Waals surface area (Å²) in [5, 5.41) is 25.0. The third-order valence-electron chi connectivity index (χ3n) is 4.33. The predicted octanol–water partition coefficient (Wildman–Crippen LogP) is 1.43. The molecule has 1 aliphatic rings. The number of carbonyl (C=O) groups excluding carboxylic acids is 1. The molecule has 2 unspecified atom stereocenters. The van der Waals surface area contributed by atoms with Crippen molar-refractivity contribution in [3.63, 3.8) is 0 Å². The molecule has 0 saturated carbocycles. The molecule has 0 aromatic rings. The standard InChI is InChI=1S/C16H30N2O4S/c1-5-10(4)6-14(20)17-11(9(2)3)7-13(19)15-18-12(8-23-15)16(21)22/h9-13,15,18-19H,5-8H2,1-4H3,(H,17,20)(H,21,22)/t10-,11+,12?,13+,15?/m0/s1. The number of carboxylic acid groups (broad SMARTS) is 1. The Kier molecular flexibility index (Phi) is 8.36. The van der Waals surface area contributed by atoms with E-state index >= 15 is 0 Å². The normalized spacial score (nSPS) is 25.1. The number of hydrogen-bond acceptors (Lipinski definition) is 5. The zero-order valence-electron chi connectivity index (χ0n) is 14.4. The average Bonchev–Trinajstić information content (AvgIpc) is 2.96. The highest BCUT2D eigenvalue weighted by Gasteiger charge is 2.35. The number of aliphatic hydroxyl groups excluding tert-OH is 1. The Balaban J connectivity index is 2.52. The maximum atomic E-state index is 12.1. The van der Waals surface area contributed by atoms with E-state index in [9.17, 15) is 14.7 Å². The van der Waals surface area contributed by atoms with Gasteiger partial charge in [-0.15, -0.1) is 11.8 Å². The fraction of sp³-hybridized carbons (Fsp3) is 0.875. The maximum absolute atomic E-state index is 12.1. The Morgan fingerprint density at radius 3 is 2.48 bits per heavy atom. The van der Waals surface area contributed by atoms with Crippen LogP contribution in [-0.4, -0.2) is 51.4 Å². The van der Waals surface area contributed by atoms with E-state index in [1.54, 1.807) is 0 Å². The van der Waals surface area contributed by atoms with Crippen LogP contribution in [0.3, 0.4) is 0 Å². The molecule has 1 saturated heterocycles. The molecular weight excluding hydrogens is 316 g/mol. The van der Waals surface area contributed by atoms with Gasteiger partial charge in [-0.25, -0.2) is 0 Å². The van der Waals surface area contributed by atoms with E-state index in [2.05, 4.69) is 17.6 Å².